The van der Waals surface area contributed by atoms with E-state index in [0.717, 1.165) is 17.7 Å². The van der Waals surface area contributed by atoms with Crippen LogP contribution in [-0.2, 0) is 16.1 Å². The zero-order chi connectivity index (χ0) is 27.5. The predicted molar refractivity (Wildman–Crippen MR) is 112 cm³/mol. The van der Waals surface area contributed by atoms with E-state index in [0.29, 0.717) is 11.1 Å². The van der Waals surface area contributed by atoms with Crippen LogP contribution in [0.4, 0.5) is 36.4 Å². The van der Waals surface area contributed by atoms with Gasteiger partial charge in [-0.1, -0.05) is 24.3 Å². The summed E-state index contributed by atoms with van der Waals surface area (Å²) in [6.07, 6.45) is -8.59. The number of amides is 1. The number of Topliss-reactive ketones (excluding diaryl/α,β-unsaturated/α-hetero) is 1. The lowest BCUT2D eigenvalue weighted by Gasteiger charge is -2.17. The number of ketones is 1. The molecule has 1 aromatic heterocycles. The Labute approximate surface area is 202 Å². The molecule has 0 fully saturated rings. The molecule has 1 aliphatic rings. The number of hydrogen-bond donors (Lipinski definition) is 1. The van der Waals surface area contributed by atoms with Gasteiger partial charge in [0.25, 0.3) is 11.7 Å². The van der Waals surface area contributed by atoms with Crippen LogP contribution in [-0.4, -0.2) is 40.3 Å². The Bertz CT molecular complexity index is 1320. The number of halogens is 7. The van der Waals surface area contributed by atoms with Gasteiger partial charge >= 0.3 is 18.5 Å². The molecule has 14 heteroatoms. The molecule has 2 aromatic carbocycles. The van der Waals surface area contributed by atoms with E-state index in [1.807, 2.05) is 0 Å². The Kier molecular flexibility index (Phi) is 7.50. The number of hydrogen-bond acceptors (Lipinski definition) is 5. The van der Waals surface area contributed by atoms with Gasteiger partial charge in [-0.2, -0.15) is 17.6 Å². The van der Waals surface area contributed by atoms with Crippen molar-refractivity contribution in [2.75, 3.05) is 4.90 Å². The summed E-state index contributed by atoms with van der Waals surface area (Å²) in [6.45, 7) is 0.0546. The highest BCUT2D eigenvalue weighted by molar-refractivity contribution is 6.52. The molecule has 1 N–H and O–H groups in total. The highest BCUT2D eigenvalue weighted by atomic mass is 19.4. The van der Waals surface area contributed by atoms with Gasteiger partial charge < -0.3 is 14.7 Å². The van der Waals surface area contributed by atoms with Crippen LogP contribution >= 0.6 is 0 Å². The van der Waals surface area contributed by atoms with E-state index in [2.05, 4.69) is 9.72 Å². The number of fused-ring (bicyclic) bond motifs is 1. The summed E-state index contributed by atoms with van der Waals surface area (Å²) >= 11 is 0. The molecule has 0 aliphatic carbocycles. The Balaban J connectivity index is 0.000000479. The summed E-state index contributed by atoms with van der Waals surface area (Å²) in [5.41, 5.74) is 2.25. The zero-order valence-corrected chi connectivity index (χ0v) is 18.1. The summed E-state index contributed by atoms with van der Waals surface area (Å²) in [5, 5.41) is 7.12. The standard InChI is InChI=1S/C21H12F4N2O3.C2HF3O2/c22-18-8-5-14(10-26-18)13-3-1-12(2-4-13)11-27-17-7-6-15(30-21(23,24)25)9-16(17)19(28)20(27)29;3-2(4,5)1(6)7/h1-10H,11H2;(H,6,7). The van der Waals surface area contributed by atoms with Crippen LogP contribution in [0.5, 0.6) is 5.75 Å². The first kappa shape index (κ1) is 27.1. The van der Waals surface area contributed by atoms with Gasteiger partial charge in [-0.25, -0.2) is 9.78 Å². The van der Waals surface area contributed by atoms with Crippen LogP contribution < -0.4 is 9.64 Å². The number of rotatable bonds is 4. The third-order valence-corrected chi connectivity index (χ3v) is 4.77. The summed E-state index contributed by atoms with van der Waals surface area (Å²) in [5.74, 6) is -5.64. The molecule has 0 unspecified atom stereocenters. The molecule has 0 atom stereocenters. The molecule has 0 saturated heterocycles. The molecular weight excluding hydrogens is 517 g/mol. The third kappa shape index (κ3) is 6.80. The van der Waals surface area contributed by atoms with E-state index < -0.39 is 41.9 Å². The molecule has 1 amide bonds. The SMILES string of the molecule is O=C(O)C(F)(F)F.O=C1C(=O)N(Cc2ccc(-c3ccc(F)nc3)cc2)c2ccc(OC(F)(F)F)cc21. The molecule has 3 aromatic rings. The lowest BCUT2D eigenvalue weighted by Crippen LogP contribution is -2.29. The largest absolute Gasteiger partial charge is 0.573 e. The molecule has 4 rings (SSSR count). The third-order valence-electron chi connectivity index (χ3n) is 4.77. The van der Waals surface area contributed by atoms with Crippen molar-refractivity contribution in [3.8, 4) is 16.9 Å². The van der Waals surface area contributed by atoms with Gasteiger partial charge in [0.1, 0.15) is 5.75 Å². The summed E-state index contributed by atoms with van der Waals surface area (Å²) in [7, 11) is 0. The molecule has 7 nitrogen and oxygen atoms in total. The number of ether oxygens (including phenoxy) is 1. The monoisotopic (exact) mass is 530 g/mol. The number of carboxylic acid groups (broad SMARTS) is 1. The average Bonchev–Trinajstić information content (AvgIpc) is 3.03. The molecule has 194 valence electrons. The second-order valence-corrected chi connectivity index (χ2v) is 7.32. The van der Waals surface area contributed by atoms with E-state index in [1.54, 1.807) is 30.3 Å². The van der Waals surface area contributed by atoms with Gasteiger partial charge in [0.15, 0.2) is 0 Å². The van der Waals surface area contributed by atoms with E-state index in [4.69, 9.17) is 9.90 Å². The van der Waals surface area contributed by atoms with E-state index >= 15 is 0 Å². The van der Waals surface area contributed by atoms with Gasteiger partial charge in [0.05, 0.1) is 17.8 Å². The number of carbonyl (C=O) groups excluding carboxylic acids is 2. The first-order valence-electron chi connectivity index (χ1n) is 9.92. The summed E-state index contributed by atoms with van der Waals surface area (Å²) in [4.78, 5) is 38.3. The first-order chi connectivity index (χ1) is 17.2. The van der Waals surface area contributed by atoms with Crippen molar-refractivity contribution in [2.24, 2.45) is 0 Å². The van der Waals surface area contributed by atoms with Crippen molar-refractivity contribution in [3.05, 3.63) is 77.9 Å². The van der Waals surface area contributed by atoms with Gasteiger partial charge in [-0.15, -0.1) is 13.2 Å². The van der Waals surface area contributed by atoms with Gasteiger partial charge in [0, 0.05) is 11.8 Å². The van der Waals surface area contributed by atoms with Gasteiger partial charge in [0.2, 0.25) is 5.95 Å². The smallest absolute Gasteiger partial charge is 0.475 e. The van der Waals surface area contributed by atoms with Gasteiger partial charge in [-0.3, -0.25) is 9.59 Å². The number of aliphatic carboxylic acids is 1. The fourth-order valence-electron chi connectivity index (χ4n) is 3.17. The van der Waals surface area contributed by atoms with Crippen LogP contribution in [0.2, 0.25) is 0 Å². The second-order valence-electron chi connectivity index (χ2n) is 7.32. The minimum atomic E-state index is -5.08. The number of aromatic nitrogens is 1. The Morgan fingerprint density at radius 3 is 2.03 bits per heavy atom. The molecule has 0 bridgehead atoms. The zero-order valence-electron chi connectivity index (χ0n) is 18.1. The van der Waals surface area contributed by atoms with Crippen molar-refractivity contribution in [1.82, 2.24) is 4.98 Å². The lowest BCUT2D eigenvalue weighted by atomic mass is 10.1. The van der Waals surface area contributed by atoms with E-state index in [-0.39, 0.29) is 17.8 Å². The van der Waals surface area contributed by atoms with Crippen LogP contribution in [0, 0.1) is 5.95 Å². The second kappa shape index (κ2) is 10.2. The molecule has 0 saturated carbocycles. The van der Waals surface area contributed by atoms with Crippen LogP contribution in [0.15, 0.2) is 60.8 Å². The Morgan fingerprint density at radius 1 is 0.919 bits per heavy atom. The molecule has 1 aliphatic heterocycles. The molecule has 0 radical (unpaired) electrons. The predicted octanol–water partition coefficient (Wildman–Crippen LogP) is 5.15. The number of carbonyl (C=O) groups is 3. The minimum Gasteiger partial charge on any atom is -0.475 e. The Hall–Kier alpha value is -4.49. The maximum absolute atomic E-state index is 12.9. The first-order valence-corrected chi connectivity index (χ1v) is 9.92. The molecule has 37 heavy (non-hydrogen) atoms. The summed E-state index contributed by atoms with van der Waals surface area (Å²) < 4.78 is 85.7. The number of benzene rings is 2. The van der Waals surface area contributed by atoms with Crippen molar-refractivity contribution in [3.63, 3.8) is 0 Å². The average molecular weight is 530 g/mol. The van der Waals surface area contributed by atoms with E-state index in [9.17, 15) is 40.3 Å². The fourth-order valence-corrected chi connectivity index (χ4v) is 3.17. The van der Waals surface area contributed by atoms with Crippen molar-refractivity contribution in [2.45, 2.75) is 19.1 Å². The van der Waals surface area contributed by atoms with Gasteiger partial charge in [-0.05, 0) is 41.5 Å². The lowest BCUT2D eigenvalue weighted by molar-refractivity contribution is -0.274. The Morgan fingerprint density at radius 2 is 1.51 bits per heavy atom. The number of nitrogens with zero attached hydrogens (tertiary/aromatic N) is 2. The quantitative estimate of drug-likeness (QED) is 0.285. The maximum atomic E-state index is 12.9. The van der Waals surface area contributed by atoms with Crippen LogP contribution in [0.3, 0.4) is 0 Å². The maximum Gasteiger partial charge on any atom is 0.573 e. The summed E-state index contributed by atoms with van der Waals surface area (Å²) in [6, 6.07) is 13.0. The molecule has 0 spiro atoms. The van der Waals surface area contributed by atoms with Crippen LogP contribution in [0.1, 0.15) is 15.9 Å². The minimum absolute atomic E-state index is 0.0546. The normalized spacial score (nSPS) is 13.1. The van der Waals surface area contributed by atoms with Crippen molar-refractivity contribution in [1.29, 1.82) is 0 Å². The molecular formula is C23H13F7N2O5. The van der Waals surface area contributed by atoms with E-state index in [1.165, 1.54) is 23.2 Å². The highest BCUT2D eigenvalue weighted by Crippen LogP contribution is 2.35. The number of carboxylic acids is 1. The number of alkyl halides is 6. The van der Waals surface area contributed by atoms with Crippen molar-refractivity contribution >= 4 is 23.3 Å². The van der Waals surface area contributed by atoms with Crippen LogP contribution in [0.25, 0.3) is 11.1 Å². The molecule has 2 heterocycles. The highest BCUT2D eigenvalue weighted by Gasteiger charge is 2.39. The fraction of sp³-hybridized carbons (Fsp3) is 0.130. The van der Waals surface area contributed by atoms with Crippen molar-refractivity contribution < 1.29 is 55.0 Å². The number of pyridine rings is 1. The number of anilines is 1. The topological polar surface area (TPSA) is 96.8 Å².